The molecule has 0 fully saturated rings. The van der Waals surface area contributed by atoms with E-state index in [4.69, 9.17) is 9.15 Å². The summed E-state index contributed by atoms with van der Waals surface area (Å²) in [6, 6.07) is 67.1. The summed E-state index contributed by atoms with van der Waals surface area (Å²) in [4.78, 5) is 2.41. The topological polar surface area (TPSA) is 25.6 Å². The Kier molecular flexibility index (Phi) is 6.80. The number of ether oxygens (including phenoxy) is 1. The van der Waals surface area contributed by atoms with Crippen LogP contribution in [0, 0.1) is 0 Å². The molecule has 0 N–H and O–H groups in total. The van der Waals surface area contributed by atoms with Crippen LogP contribution < -0.4 is 9.64 Å². The van der Waals surface area contributed by atoms with Gasteiger partial charge in [0, 0.05) is 48.3 Å². The number of rotatable bonds is 5. The third-order valence-electron chi connectivity index (χ3n) is 11.3. The average molecular weight is 734 g/mol. The van der Waals surface area contributed by atoms with E-state index in [0.29, 0.717) is 0 Å². The molecule has 0 bridgehead atoms. The van der Waals surface area contributed by atoms with Crippen LogP contribution in [0.2, 0.25) is 0 Å². The second-order valence-corrected chi connectivity index (χ2v) is 15.5. The molecule has 56 heavy (non-hydrogen) atoms. The van der Waals surface area contributed by atoms with E-state index in [2.05, 4.69) is 187 Å². The van der Waals surface area contributed by atoms with Crippen molar-refractivity contribution < 1.29 is 9.15 Å². The summed E-state index contributed by atoms with van der Waals surface area (Å²) < 4.78 is 15.9. The van der Waals surface area contributed by atoms with Crippen molar-refractivity contribution in [2.45, 2.75) is 0 Å². The molecule has 3 nitrogen and oxygen atoms in total. The van der Waals surface area contributed by atoms with Gasteiger partial charge in [-0.25, -0.2) is 0 Å². The maximum Gasteiger partial charge on any atom is 0.137 e. The molecule has 1 aliphatic heterocycles. The highest BCUT2D eigenvalue weighted by atomic mass is 32.1. The second kappa shape index (κ2) is 12.2. The van der Waals surface area contributed by atoms with Gasteiger partial charge < -0.3 is 14.1 Å². The van der Waals surface area contributed by atoms with Gasteiger partial charge in [0.15, 0.2) is 0 Å². The summed E-state index contributed by atoms with van der Waals surface area (Å²) in [5.74, 6) is 1.70. The first-order valence-electron chi connectivity index (χ1n) is 18.9. The predicted molar refractivity (Wildman–Crippen MR) is 235 cm³/mol. The highest BCUT2D eigenvalue weighted by molar-refractivity contribution is 7.26. The lowest BCUT2D eigenvalue weighted by Crippen LogP contribution is -2.11. The van der Waals surface area contributed by atoms with Crippen molar-refractivity contribution in [1.82, 2.24) is 0 Å². The van der Waals surface area contributed by atoms with Crippen molar-refractivity contribution in [3.05, 3.63) is 188 Å². The molecule has 4 heteroatoms. The fourth-order valence-corrected chi connectivity index (χ4v) is 9.89. The summed E-state index contributed by atoms with van der Waals surface area (Å²) in [7, 11) is 0. The number of nitrogens with zero attached hydrogens (tertiary/aromatic N) is 1. The molecule has 0 unspecified atom stereocenters. The molecule has 262 valence electrons. The summed E-state index contributed by atoms with van der Waals surface area (Å²) in [6.07, 6.45) is 0. The van der Waals surface area contributed by atoms with Gasteiger partial charge in [-0.15, -0.1) is 11.3 Å². The Balaban J connectivity index is 1.11. The molecular weight excluding hydrogens is 703 g/mol. The number of para-hydroxylation sites is 1. The molecule has 3 heterocycles. The summed E-state index contributed by atoms with van der Waals surface area (Å²) in [5.41, 5.74) is 11.9. The molecule has 0 saturated carbocycles. The highest BCUT2D eigenvalue weighted by Gasteiger charge is 2.26. The van der Waals surface area contributed by atoms with Gasteiger partial charge in [0.1, 0.15) is 22.7 Å². The van der Waals surface area contributed by atoms with E-state index in [9.17, 15) is 0 Å². The highest BCUT2D eigenvalue weighted by Crippen LogP contribution is 2.53. The first-order chi connectivity index (χ1) is 27.8. The number of fused-ring (bicyclic) bond motifs is 8. The Morgan fingerprint density at radius 1 is 0.375 bits per heavy atom. The minimum atomic E-state index is 0.831. The van der Waals surface area contributed by atoms with E-state index >= 15 is 0 Å². The smallest absolute Gasteiger partial charge is 0.137 e. The SMILES string of the molecule is c1ccc(-c2ccc3sc4cccc(N(c5ccc6c(c5)Oc5ccc(-c7ccccc7)c7cccc-6c57)c5cccc6oc7ccccc7c56)c4c3c2)cc1. The van der Waals surface area contributed by atoms with Crippen LogP contribution in [-0.2, 0) is 0 Å². The van der Waals surface area contributed by atoms with Crippen LogP contribution in [0.25, 0.3) is 86.3 Å². The first-order valence-corrected chi connectivity index (χ1v) is 19.7. The minimum absolute atomic E-state index is 0.831. The Hall–Kier alpha value is -7.14. The quantitative estimate of drug-likeness (QED) is 0.176. The molecule has 9 aromatic carbocycles. The van der Waals surface area contributed by atoms with Gasteiger partial charge in [0.25, 0.3) is 0 Å². The number of thiophene rings is 1. The number of hydrogen-bond donors (Lipinski definition) is 0. The van der Waals surface area contributed by atoms with Crippen LogP contribution >= 0.6 is 11.3 Å². The molecule has 0 aliphatic carbocycles. The Bertz CT molecular complexity index is 3340. The standard InChI is InChI=1S/C52H31NO2S/c1-3-12-32(13-4-1)34-24-29-48-41(30-34)52-43(20-11-23-49(52)56-48)53(42-19-10-22-45-51(42)40-16-7-8-21-44(40)54-45)35-25-26-37-39-18-9-17-38-36(33-14-5-2-6-15-33)27-28-46(50(38)39)55-47(37)31-35/h1-31H. The minimum Gasteiger partial charge on any atom is -0.456 e. The zero-order chi connectivity index (χ0) is 36.7. The molecule has 0 radical (unpaired) electrons. The van der Waals surface area contributed by atoms with Crippen LogP contribution in [0.3, 0.4) is 0 Å². The van der Waals surface area contributed by atoms with Crippen molar-refractivity contribution in [1.29, 1.82) is 0 Å². The molecule has 2 aromatic heterocycles. The lowest BCUT2D eigenvalue weighted by Gasteiger charge is -2.29. The predicted octanol–water partition coefficient (Wildman–Crippen LogP) is 15.7. The van der Waals surface area contributed by atoms with Crippen molar-refractivity contribution in [3.8, 4) is 44.9 Å². The molecule has 0 amide bonds. The van der Waals surface area contributed by atoms with Crippen LogP contribution in [0.15, 0.2) is 192 Å². The van der Waals surface area contributed by atoms with E-state index in [1.54, 1.807) is 0 Å². The lowest BCUT2D eigenvalue weighted by molar-refractivity contribution is 0.487. The van der Waals surface area contributed by atoms with Crippen LogP contribution in [-0.4, -0.2) is 0 Å². The summed E-state index contributed by atoms with van der Waals surface area (Å²) >= 11 is 1.84. The first kappa shape index (κ1) is 31.2. The van der Waals surface area contributed by atoms with Gasteiger partial charge in [0.2, 0.25) is 0 Å². The molecule has 0 atom stereocenters. The molecule has 0 spiro atoms. The Labute approximate surface area is 326 Å². The molecule has 1 aliphatic rings. The molecule has 11 aromatic rings. The zero-order valence-electron chi connectivity index (χ0n) is 30.1. The van der Waals surface area contributed by atoms with Gasteiger partial charge in [-0.1, -0.05) is 121 Å². The number of furan rings is 1. The van der Waals surface area contributed by atoms with E-state index in [1.165, 1.54) is 53.4 Å². The second-order valence-electron chi connectivity index (χ2n) is 14.4. The van der Waals surface area contributed by atoms with Crippen LogP contribution in [0.5, 0.6) is 11.5 Å². The van der Waals surface area contributed by atoms with Crippen molar-refractivity contribution in [2.75, 3.05) is 4.90 Å². The molecule has 0 saturated heterocycles. The van der Waals surface area contributed by atoms with Gasteiger partial charge >= 0.3 is 0 Å². The van der Waals surface area contributed by atoms with Gasteiger partial charge in [-0.3, -0.25) is 0 Å². The number of benzene rings is 9. The fraction of sp³-hybridized carbons (Fsp3) is 0. The van der Waals surface area contributed by atoms with Crippen molar-refractivity contribution in [2.24, 2.45) is 0 Å². The summed E-state index contributed by atoms with van der Waals surface area (Å²) in [5, 5.41) is 6.95. The zero-order valence-corrected chi connectivity index (χ0v) is 30.9. The monoisotopic (exact) mass is 733 g/mol. The molecule has 12 rings (SSSR count). The van der Waals surface area contributed by atoms with Crippen molar-refractivity contribution in [3.63, 3.8) is 0 Å². The lowest BCUT2D eigenvalue weighted by atomic mass is 9.90. The van der Waals surface area contributed by atoms with E-state index in [-0.39, 0.29) is 0 Å². The van der Waals surface area contributed by atoms with Gasteiger partial charge in [-0.05, 0) is 93.9 Å². The van der Waals surface area contributed by atoms with Crippen LogP contribution in [0.4, 0.5) is 17.1 Å². The third-order valence-corrected chi connectivity index (χ3v) is 12.4. The van der Waals surface area contributed by atoms with Crippen molar-refractivity contribution >= 4 is 81.3 Å². The Morgan fingerprint density at radius 3 is 1.96 bits per heavy atom. The number of anilines is 3. The van der Waals surface area contributed by atoms with Crippen LogP contribution in [0.1, 0.15) is 0 Å². The maximum absolute atomic E-state index is 6.91. The van der Waals surface area contributed by atoms with Gasteiger partial charge in [0.05, 0.1) is 16.8 Å². The normalized spacial score (nSPS) is 12.1. The number of hydrogen-bond acceptors (Lipinski definition) is 4. The largest absolute Gasteiger partial charge is 0.456 e. The van der Waals surface area contributed by atoms with E-state index < -0.39 is 0 Å². The Morgan fingerprint density at radius 2 is 1.09 bits per heavy atom. The average Bonchev–Trinajstić information content (AvgIpc) is 3.84. The summed E-state index contributed by atoms with van der Waals surface area (Å²) in [6.45, 7) is 0. The van der Waals surface area contributed by atoms with E-state index in [0.717, 1.165) is 61.4 Å². The van der Waals surface area contributed by atoms with Gasteiger partial charge in [-0.2, -0.15) is 0 Å². The fourth-order valence-electron chi connectivity index (χ4n) is 8.78. The van der Waals surface area contributed by atoms with E-state index in [1.807, 2.05) is 17.4 Å². The molecular formula is C52H31NO2S. The maximum atomic E-state index is 6.91. The third kappa shape index (κ3) is 4.70.